The second-order valence-electron chi connectivity index (χ2n) is 7.58. The van der Waals surface area contributed by atoms with Gasteiger partial charge in [0.05, 0.1) is 6.04 Å². The molecule has 1 heterocycles. The van der Waals surface area contributed by atoms with Gasteiger partial charge in [0.25, 0.3) is 0 Å². The number of likely N-dealkylation sites (tertiary alicyclic amines) is 1. The van der Waals surface area contributed by atoms with Gasteiger partial charge in [-0.15, -0.1) is 0 Å². The van der Waals surface area contributed by atoms with Gasteiger partial charge in [-0.1, -0.05) is 44.2 Å². The van der Waals surface area contributed by atoms with Crippen LogP contribution in [-0.2, 0) is 11.3 Å². The first kappa shape index (κ1) is 18.9. The van der Waals surface area contributed by atoms with Crippen LogP contribution in [0.2, 0.25) is 0 Å². The van der Waals surface area contributed by atoms with E-state index in [0.717, 1.165) is 32.5 Å². The average molecular weight is 332 g/mol. The quantitative estimate of drug-likeness (QED) is 0.872. The lowest BCUT2D eigenvalue weighted by Crippen LogP contribution is -2.53. The van der Waals surface area contributed by atoms with Gasteiger partial charge in [0.1, 0.15) is 0 Å². The van der Waals surface area contributed by atoms with Gasteiger partial charge in [-0.2, -0.15) is 0 Å². The molecule has 4 heteroatoms. The van der Waals surface area contributed by atoms with Crippen molar-refractivity contribution in [2.45, 2.75) is 65.2 Å². The molecule has 0 saturated carbocycles. The van der Waals surface area contributed by atoms with Crippen LogP contribution in [0.15, 0.2) is 30.3 Å². The molecule has 1 saturated heterocycles. The molecule has 134 valence electrons. The largest absolute Gasteiger partial charge is 0.341 e. The molecule has 0 spiro atoms. The zero-order chi connectivity index (χ0) is 17.7. The van der Waals surface area contributed by atoms with Gasteiger partial charge in [-0.05, 0) is 38.2 Å². The average Bonchev–Trinajstić information content (AvgIpc) is 2.59. The topological polar surface area (TPSA) is 49.6 Å². The van der Waals surface area contributed by atoms with E-state index in [0.29, 0.717) is 12.1 Å². The van der Waals surface area contributed by atoms with Crippen molar-refractivity contribution in [1.82, 2.24) is 9.80 Å². The predicted octanol–water partition coefficient (Wildman–Crippen LogP) is 2.87. The minimum absolute atomic E-state index is 0.114. The Morgan fingerprint density at radius 1 is 1.17 bits per heavy atom. The lowest BCUT2D eigenvalue weighted by atomic mass is 9.98. The van der Waals surface area contributed by atoms with Crippen LogP contribution in [0, 0.1) is 5.92 Å². The molecule has 1 fully saturated rings. The molecule has 1 aromatic rings. The third-order valence-electron chi connectivity index (χ3n) is 5.12. The fraction of sp³-hybridized carbons (Fsp3) is 0.650. The van der Waals surface area contributed by atoms with Crippen LogP contribution >= 0.6 is 0 Å². The van der Waals surface area contributed by atoms with E-state index in [1.54, 1.807) is 0 Å². The maximum Gasteiger partial charge on any atom is 0.239 e. The Labute approximate surface area is 147 Å². The predicted molar refractivity (Wildman–Crippen MR) is 99.5 cm³/mol. The van der Waals surface area contributed by atoms with E-state index in [2.05, 4.69) is 49.1 Å². The summed E-state index contributed by atoms with van der Waals surface area (Å²) in [6.07, 6.45) is 2.06. The normalized spacial score (nSPS) is 17.8. The summed E-state index contributed by atoms with van der Waals surface area (Å²) in [6, 6.07) is 11.3. The van der Waals surface area contributed by atoms with E-state index < -0.39 is 0 Å². The molecule has 1 aliphatic heterocycles. The number of rotatable bonds is 6. The number of amides is 1. The molecule has 0 bridgehead atoms. The summed E-state index contributed by atoms with van der Waals surface area (Å²) in [4.78, 5) is 17.0. The summed E-state index contributed by atoms with van der Waals surface area (Å²) in [5.41, 5.74) is 7.39. The highest BCUT2D eigenvalue weighted by atomic mass is 16.2. The summed E-state index contributed by atoms with van der Waals surface area (Å²) < 4.78 is 0. The maximum absolute atomic E-state index is 12.4. The van der Waals surface area contributed by atoms with Crippen molar-refractivity contribution in [1.29, 1.82) is 0 Å². The molecule has 0 aromatic heterocycles. The van der Waals surface area contributed by atoms with Gasteiger partial charge < -0.3 is 10.6 Å². The van der Waals surface area contributed by atoms with Gasteiger partial charge in [0.2, 0.25) is 5.91 Å². The third-order valence-corrected chi connectivity index (χ3v) is 5.12. The van der Waals surface area contributed by atoms with Crippen LogP contribution in [0.4, 0.5) is 0 Å². The van der Waals surface area contributed by atoms with E-state index in [4.69, 9.17) is 5.73 Å². The molecule has 4 nitrogen and oxygen atoms in total. The Morgan fingerprint density at radius 2 is 1.75 bits per heavy atom. The molecule has 24 heavy (non-hydrogen) atoms. The Kier molecular flexibility index (Phi) is 6.81. The summed E-state index contributed by atoms with van der Waals surface area (Å²) >= 11 is 0. The van der Waals surface area contributed by atoms with Crippen molar-refractivity contribution in [3.05, 3.63) is 35.9 Å². The second-order valence-corrected chi connectivity index (χ2v) is 7.58. The number of carbonyl (C=O) groups is 1. The van der Waals surface area contributed by atoms with E-state index >= 15 is 0 Å². The first-order valence-corrected chi connectivity index (χ1v) is 9.24. The van der Waals surface area contributed by atoms with Crippen LogP contribution < -0.4 is 5.73 Å². The van der Waals surface area contributed by atoms with Gasteiger partial charge in [0, 0.05) is 31.7 Å². The lowest BCUT2D eigenvalue weighted by Gasteiger charge is -2.41. The van der Waals surface area contributed by atoms with E-state index in [1.807, 2.05) is 18.7 Å². The summed E-state index contributed by atoms with van der Waals surface area (Å²) in [7, 11) is 0. The molecule has 1 aromatic carbocycles. The number of piperidine rings is 1. The fourth-order valence-electron chi connectivity index (χ4n) is 3.44. The van der Waals surface area contributed by atoms with Crippen molar-refractivity contribution in [3.63, 3.8) is 0 Å². The van der Waals surface area contributed by atoms with E-state index in [1.165, 1.54) is 5.56 Å². The Bertz CT molecular complexity index is 507. The highest BCUT2D eigenvalue weighted by Crippen LogP contribution is 2.22. The molecule has 1 atom stereocenters. The number of nitrogens with zero attached hydrogens (tertiary/aromatic N) is 2. The standard InChI is InChI=1S/C20H33N3O/c1-15(2)19(21)20(24)22-12-10-18(11-13-22)23(16(3)4)14-17-8-6-5-7-9-17/h5-9,15-16,18-19H,10-14,21H2,1-4H3. The molecule has 0 aliphatic carbocycles. The Hall–Kier alpha value is -1.39. The Morgan fingerprint density at radius 3 is 2.25 bits per heavy atom. The zero-order valence-electron chi connectivity index (χ0n) is 15.6. The minimum Gasteiger partial charge on any atom is -0.341 e. The van der Waals surface area contributed by atoms with Gasteiger partial charge in [-0.3, -0.25) is 9.69 Å². The summed E-state index contributed by atoms with van der Waals surface area (Å²) in [5, 5.41) is 0. The first-order chi connectivity index (χ1) is 11.4. The first-order valence-electron chi connectivity index (χ1n) is 9.24. The van der Waals surface area contributed by atoms with Crippen LogP contribution in [0.1, 0.15) is 46.1 Å². The molecule has 1 aliphatic rings. The van der Waals surface area contributed by atoms with Crippen LogP contribution in [0.25, 0.3) is 0 Å². The van der Waals surface area contributed by atoms with Crippen molar-refractivity contribution < 1.29 is 4.79 Å². The Balaban J connectivity index is 1.94. The van der Waals surface area contributed by atoms with Crippen molar-refractivity contribution in [2.24, 2.45) is 11.7 Å². The van der Waals surface area contributed by atoms with Gasteiger partial charge in [0.15, 0.2) is 0 Å². The van der Waals surface area contributed by atoms with Crippen molar-refractivity contribution in [3.8, 4) is 0 Å². The van der Waals surface area contributed by atoms with Crippen LogP contribution in [0.5, 0.6) is 0 Å². The number of carbonyl (C=O) groups excluding carboxylic acids is 1. The molecular weight excluding hydrogens is 298 g/mol. The molecule has 2 rings (SSSR count). The molecule has 0 radical (unpaired) electrons. The molecular formula is C20H33N3O. The zero-order valence-corrected chi connectivity index (χ0v) is 15.6. The minimum atomic E-state index is -0.368. The highest BCUT2D eigenvalue weighted by Gasteiger charge is 2.30. The van der Waals surface area contributed by atoms with Crippen molar-refractivity contribution >= 4 is 5.91 Å². The molecule has 1 amide bonds. The van der Waals surface area contributed by atoms with Gasteiger partial charge >= 0.3 is 0 Å². The molecule has 2 N–H and O–H groups in total. The lowest BCUT2D eigenvalue weighted by molar-refractivity contribution is -0.135. The summed E-state index contributed by atoms with van der Waals surface area (Å²) in [6.45, 7) is 11.2. The van der Waals surface area contributed by atoms with Crippen LogP contribution in [0.3, 0.4) is 0 Å². The number of nitrogens with two attached hydrogens (primary N) is 1. The SMILES string of the molecule is CC(C)C(N)C(=O)N1CCC(N(Cc2ccccc2)C(C)C)CC1. The van der Waals surface area contributed by atoms with E-state index in [-0.39, 0.29) is 17.9 Å². The summed E-state index contributed by atoms with van der Waals surface area (Å²) in [5.74, 6) is 0.308. The van der Waals surface area contributed by atoms with E-state index in [9.17, 15) is 4.79 Å². The van der Waals surface area contributed by atoms with Crippen LogP contribution in [-0.4, -0.2) is 46.9 Å². The van der Waals surface area contributed by atoms with Gasteiger partial charge in [-0.25, -0.2) is 0 Å². The van der Waals surface area contributed by atoms with Crippen molar-refractivity contribution in [2.75, 3.05) is 13.1 Å². The maximum atomic E-state index is 12.4. The monoisotopic (exact) mass is 331 g/mol. The smallest absolute Gasteiger partial charge is 0.239 e. The third kappa shape index (κ3) is 4.81. The molecule has 1 unspecified atom stereocenters. The number of benzene rings is 1. The second kappa shape index (κ2) is 8.63. The number of hydrogen-bond acceptors (Lipinski definition) is 3. The number of hydrogen-bond donors (Lipinski definition) is 1. The highest BCUT2D eigenvalue weighted by molar-refractivity contribution is 5.82. The fourth-order valence-corrected chi connectivity index (χ4v) is 3.44.